The highest BCUT2D eigenvalue weighted by Crippen LogP contribution is 2.39. The maximum absolute atomic E-state index is 5.67. The average Bonchev–Trinajstić information content (AvgIpc) is 3.14. The standard InChI is InChI=1S/C15H21BrO2/c1-4-10(8-15-13(5-2)18-15)12-9-11(16)6-7-14(12)17-3/h6-7,9-10,13,15H,4-5,8H2,1-3H3. The lowest BCUT2D eigenvalue weighted by Crippen LogP contribution is -2.05. The SMILES string of the molecule is CCC(CC1OC1CC)c1cc(Br)ccc1OC. The van der Waals surface area contributed by atoms with Crippen molar-refractivity contribution in [2.75, 3.05) is 7.11 Å². The topological polar surface area (TPSA) is 21.8 Å². The maximum Gasteiger partial charge on any atom is 0.122 e. The van der Waals surface area contributed by atoms with Crippen molar-refractivity contribution in [1.82, 2.24) is 0 Å². The Labute approximate surface area is 118 Å². The Bertz CT molecular complexity index is 405. The highest BCUT2D eigenvalue weighted by Gasteiger charge is 2.38. The molecule has 0 spiro atoms. The fourth-order valence-corrected chi connectivity index (χ4v) is 2.94. The van der Waals surface area contributed by atoms with Crippen molar-refractivity contribution in [3.8, 4) is 5.75 Å². The third-order valence-corrected chi connectivity index (χ3v) is 4.22. The summed E-state index contributed by atoms with van der Waals surface area (Å²) in [5.41, 5.74) is 1.29. The lowest BCUT2D eigenvalue weighted by Gasteiger charge is -2.18. The van der Waals surface area contributed by atoms with E-state index in [9.17, 15) is 0 Å². The van der Waals surface area contributed by atoms with Gasteiger partial charge in [-0.3, -0.25) is 0 Å². The Morgan fingerprint density at radius 3 is 2.67 bits per heavy atom. The van der Waals surface area contributed by atoms with Crippen molar-refractivity contribution in [1.29, 1.82) is 0 Å². The van der Waals surface area contributed by atoms with Crippen molar-refractivity contribution in [3.63, 3.8) is 0 Å². The fraction of sp³-hybridized carbons (Fsp3) is 0.600. The zero-order valence-electron chi connectivity index (χ0n) is 11.3. The van der Waals surface area contributed by atoms with Gasteiger partial charge in [-0.1, -0.05) is 29.8 Å². The van der Waals surface area contributed by atoms with Crippen LogP contribution in [0.3, 0.4) is 0 Å². The summed E-state index contributed by atoms with van der Waals surface area (Å²) in [5.74, 6) is 1.50. The van der Waals surface area contributed by atoms with Crippen LogP contribution in [0.4, 0.5) is 0 Å². The molecular formula is C15H21BrO2. The van der Waals surface area contributed by atoms with E-state index < -0.39 is 0 Å². The third kappa shape index (κ3) is 3.07. The molecule has 2 nitrogen and oxygen atoms in total. The minimum absolute atomic E-state index is 0.448. The molecule has 1 aliphatic rings. The molecule has 0 N–H and O–H groups in total. The van der Waals surface area contributed by atoms with Crippen LogP contribution in [0.5, 0.6) is 5.75 Å². The van der Waals surface area contributed by atoms with E-state index in [1.165, 1.54) is 5.56 Å². The molecule has 100 valence electrons. The average molecular weight is 313 g/mol. The molecule has 0 amide bonds. The number of rotatable bonds is 6. The number of ether oxygens (including phenoxy) is 2. The summed E-state index contributed by atoms with van der Waals surface area (Å²) >= 11 is 3.54. The predicted molar refractivity (Wildman–Crippen MR) is 77.3 cm³/mol. The van der Waals surface area contributed by atoms with Gasteiger partial charge >= 0.3 is 0 Å². The van der Waals surface area contributed by atoms with Crippen LogP contribution >= 0.6 is 15.9 Å². The smallest absolute Gasteiger partial charge is 0.122 e. The van der Waals surface area contributed by atoms with Crippen molar-refractivity contribution in [2.24, 2.45) is 0 Å². The quantitative estimate of drug-likeness (QED) is 0.720. The summed E-state index contributed by atoms with van der Waals surface area (Å²) in [6.07, 6.45) is 4.27. The number of hydrogen-bond donors (Lipinski definition) is 0. The summed E-state index contributed by atoms with van der Waals surface area (Å²) in [6.45, 7) is 4.42. The highest BCUT2D eigenvalue weighted by atomic mass is 79.9. The van der Waals surface area contributed by atoms with Gasteiger partial charge in [0.25, 0.3) is 0 Å². The molecule has 0 bridgehead atoms. The van der Waals surface area contributed by atoms with Gasteiger partial charge in [-0.25, -0.2) is 0 Å². The summed E-state index contributed by atoms with van der Waals surface area (Å²) < 4.78 is 12.3. The molecule has 0 aliphatic carbocycles. The van der Waals surface area contributed by atoms with E-state index in [0.29, 0.717) is 18.1 Å². The van der Waals surface area contributed by atoms with E-state index in [-0.39, 0.29) is 0 Å². The van der Waals surface area contributed by atoms with Crippen LogP contribution in [-0.4, -0.2) is 19.3 Å². The van der Waals surface area contributed by atoms with E-state index in [1.54, 1.807) is 7.11 Å². The predicted octanol–water partition coefficient (Wildman–Crippen LogP) is 4.52. The number of hydrogen-bond acceptors (Lipinski definition) is 2. The van der Waals surface area contributed by atoms with Crippen LogP contribution in [0.2, 0.25) is 0 Å². The van der Waals surface area contributed by atoms with E-state index in [1.807, 2.05) is 12.1 Å². The molecule has 1 aromatic carbocycles. The second kappa shape index (κ2) is 6.07. The molecule has 0 radical (unpaired) electrons. The van der Waals surface area contributed by atoms with Crippen LogP contribution in [-0.2, 0) is 4.74 Å². The molecule has 1 heterocycles. The van der Waals surface area contributed by atoms with Crippen molar-refractivity contribution < 1.29 is 9.47 Å². The first-order chi connectivity index (χ1) is 8.69. The van der Waals surface area contributed by atoms with Crippen molar-refractivity contribution in [3.05, 3.63) is 28.2 Å². The Hall–Kier alpha value is -0.540. The van der Waals surface area contributed by atoms with Crippen molar-refractivity contribution in [2.45, 2.75) is 51.2 Å². The van der Waals surface area contributed by atoms with Crippen LogP contribution < -0.4 is 4.74 Å². The number of epoxide rings is 1. The molecule has 18 heavy (non-hydrogen) atoms. The molecule has 3 unspecified atom stereocenters. The third-order valence-electron chi connectivity index (χ3n) is 3.73. The van der Waals surface area contributed by atoms with Gasteiger partial charge in [0.2, 0.25) is 0 Å². The van der Waals surface area contributed by atoms with Gasteiger partial charge in [0.1, 0.15) is 5.75 Å². The highest BCUT2D eigenvalue weighted by molar-refractivity contribution is 9.10. The van der Waals surface area contributed by atoms with Gasteiger partial charge in [0.05, 0.1) is 19.3 Å². The zero-order chi connectivity index (χ0) is 13.1. The first kappa shape index (κ1) is 13.9. The Balaban J connectivity index is 2.13. The van der Waals surface area contributed by atoms with Crippen LogP contribution in [0.15, 0.2) is 22.7 Å². The minimum atomic E-state index is 0.448. The normalized spacial score (nSPS) is 23.8. The van der Waals surface area contributed by atoms with Gasteiger partial charge in [0, 0.05) is 4.47 Å². The lowest BCUT2D eigenvalue weighted by molar-refractivity contribution is 0.345. The fourth-order valence-electron chi connectivity index (χ4n) is 2.56. The second-order valence-electron chi connectivity index (χ2n) is 4.85. The molecule has 1 fully saturated rings. The first-order valence-corrected chi connectivity index (χ1v) is 7.47. The van der Waals surface area contributed by atoms with Gasteiger partial charge < -0.3 is 9.47 Å². The summed E-state index contributed by atoms with van der Waals surface area (Å²) in [4.78, 5) is 0. The summed E-state index contributed by atoms with van der Waals surface area (Å²) in [7, 11) is 1.74. The Morgan fingerprint density at radius 1 is 1.33 bits per heavy atom. The molecule has 0 saturated carbocycles. The second-order valence-corrected chi connectivity index (χ2v) is 5.76. The summed E-state index contributed by atoms with van der Waals surface area (Å²) in [6, 6.07) is 6.24. The zero-order valence-corrected chi connectivity index (χ0v) is 12.9. The van der Waals surface area contributed by atoms with Crippen LogP contribution in [0, 0.1) is 0 Å². The Kier molecular flexibility index (Phi) is 4.68. The monoisotopic (exact) mass is 312 g/mol. The maximum atomic E-state index is 5.67. The molecule has 0 aromatic heterocycles. The molecule has 2 rings (SSSR count). The largest absolute Gasteiger partial charge is 0.496 e. The Morgan fingerprint density at radius 2 is 2.11 bits per heavy atom. The van der Waals surface area contributed by atoms with E-state index in [4.69, 9.17) is 9.47 Å². The molecule has 3 atom stereocenters. The van der Waals surface area contributed by atoms with Gasteiger partial charge in [-0.15, -0.1) is 0 Å². The summed E-state index contributed by atoms with van der Waals surface area (Å²) in [5, 5.41) is 0. The molecule has 3 heteroatoms. The van der Waals surface area contributed by atoms with Crippen molar-refractivity contribution >= 4 is 15.9 Å². The van der Waals surface area contributed by atoms with Gasteiger partial charge in [-0.2, -0.15) is 0 Å². The van der Waals surface area contributed by atoms with Crippen LogP contribution in [0.1, 0.15) is 44.6 Å². The van der Waals surface area contributed by atoms with E-state index in [0.717, 1.165) is 29.5 Å². The van der Waals surface area contributed by atoms with Gasteiger partial charge in [-0.05, 0) is 48.9 Å². The first-order valence-electron chi connectivity index (χ1n) is 6.68. The minimum Gasteiger partial charge on any atom is -0.496 e. The molecule has 1 saturated heterocycles. The van der Waals surface area contributed by atoms with Gasteiger partial charge in [0.15, 0.2) is 0 Å². The number of methoxy groups -OCH3 is 1. The van der Waals surface area contributed by atoms with E-state index >= 15 is 0 Å². The van der Waals surface area contributed by atoms with Crippen LogP contribution in [0.25, 0.3) is 0 Å². The number of halogens is 1. The molecule has 1 aromatic rings. The number of benzene rings is 1. The molecule has 1 aliphatic heterocycles. The van der Waals surface area contributed by atoms with E-state index in [2.05, 4.69) is 35.8 Å². The lowest BCUT2D eigenvalue weighted by atomic mass is 9.90. The molecular weight excluding hydrogens is 292 g/mol.